The van der Waals surface area contributed by atoms with Gasteiger partial charge in [0.1, 0.15) is 5.76 Å². The van der Waals surface area contributed by atoms with Crippen LogP contribution in [0.25, 0.3) is 18.7 Å². The normalized spacial score (nSPS) is 11.5. The lowest BCUT2D eigenvalue weighted by Gasteiger charge is -2.02. The van der Waals surface area contributed by atoms with Crippen molar-refractivity contribution < 1.29 is 4.42 Å². The minimum Gasteiger partial charge on any atom is -0.423 e. The third-order valence-electron chi connectivity index (χ3n) is 2.25. The molecular weight excluding hydrogens is 268 g/mol. The van der Waals surface area contributed by atoms with Crippen LogP contribution in [0, 0.1) is 0 Å². The van der Waals surface area contributed by atoms with Crippen LogP contribution in [-0.2, 0) is 6.42 Å². The van der Waals surface area contributed by atoms with Gasteiger partial charge in [0.25, 0.3) is 0 Å². The molecule has 0 radical (unpaired) electrons. The van der Waals surface area contributed by atoms with E-state index >= 15 is 0 Å². The first kappa shape index (κ1) is 12.7. The third-order valence-corrected chi connectivity index (χ3v) is 2.48. The van der Waals surface area contributed by atoms with Crippen LogP contribution in [-0.4, -0.2) is 0 Å². The fourth-order valence-corrected chi connectivity index (χ4v) is 1.73. The molecule has 2 nitrogen and oxygen atoms in total. The minimum absolute atomic E-state index is 0.419. The van der Waals surface area contributed by atoms with Crippen LogP contribution in [0.1, 0.15) is 18.2 Å². The van der Waals surface area contributed by atoms with Crippen LogP contribution in [0.4, 0.5) is 0 Å². The van der Waals surface area contributed by atoms with E-state index in [2.05, 4.69) is 35.7 Å². The van der Waals surface area contributed by atoms with Crippen molar-refractivity contribution in [3.63, 3.8) is 0 Å². The summed E-state index contributed by atoms with van der Waals surface area (Å²) in [5.41, 5.74) is 0.479. The molecule has 0 aliphatic heterocycles. The van der Waals surface area contributed by atoms with Gasteiger partial charge in [0, 0.05) is 10.0 Å². The fraction of sp³-hybridized carbons (Fsp3) is 0.154. The van der Waals surface area contributed by atoms with Crippen molar-refractivity contribution in [2.75, 3.05) is 0 Å². The first-order valence-electron chi connectivity index (χ1n) is 4.84. The van der Waals surface area contributed by atoms with Crippen molar-refractivity contribution in [1.82, 2.24) is 0 Å². The molecule has 0 unspecified atom stereocenters. The quantitative estimate of drug-likeness (QED) is 0.847. The molecule has 0 saturated heterocycles. The Hall–Kier alpha value is -1.35. The van der Waals surface area contributed by atoms with Gasteiger partial charge in [-0.3, -0.25) is 0 Å². The Morgan fingerprint density at radius 2 is 2.19 bits per heavy atom. The Bertz CT molecular complexity index is 594. The van der Waals surface area contributed by atoms with Crippen molar-refractivity contribution >= 4 is 34.7 Å². The zero-order valence-electron chi connectivity index (χ0n) is 9.18. The maximum atomic E-state index is 11.7. The van der Waals surface area contributed by atoms with Crippen molar-refractivity contribution in [1.29, 1.82) is 0 Å². The number of allylic oxidation sites excluding steroid dienone is 1. The van der Waals surface area contributed by atoms with Crippen LogP contribution < -0.4 is 16.1 Å². The largest absolute Gasteiger partial charge is 0.423 e. The van der Waals surface area contributed by atoms with E-state index < -0.39 is 5.63 Å². The highest BCUT2D eigenvalue weighted by molar-refractivity contribution is 9.12. The molecule has 0 aliphatic rings. The van der Waals surface area contributed by atoms with Gasteiger partial charge < -0.3 is 4.42 Å². The summed E-state index contributed by atoms with van der Waals surface area (Å²) < 4.78 is 5.76. The molecule has 0 saturated carbocycles. The Morgan fingerprint density at radius 1 is 1.56 bits per heavy atom. The molecule has 84 valence electrons. The lowest BCUT2D eigenvalue weighted by Crippen LogP contribution is -2.40. The van der Waals surface area contributed by atoms with Gasteiger partial charge >= 0.3 is 5.63 Å². The standard InChI is InChI=1S/C13H13BrO2/c1-5-10-9(4)11(7-8(3)14)13(15)16-12(10)6-2/h6-7H,2-5H2,1H3/b11-7+. The van der Waals surface area contributed by atoms with E-state index in [1.807, 2.05) is 6.92 Å². The summed E-state index contributed by atoms with van der Waals surface area (Å²) in [4.78, 5) is 11.7. The maximum Gasteiger partial charge on any atom is 0.344 e. The molecule has 0 atom stereocenters. The highest BCUT2D eigenvalue weighted by Crippen LogP contribution is 2.03. The van der Waals surface area contributed by atoms with Gasteiger partial charge in [-0.15, -0.1) is 0 Å². The number of hydrogen-bond donors (Lipinski definition) is 0. The summed E-state index contributed by atoms with van der Waals surface area (Å²) in [7, 11) is 0. The highest BCUT2D eigenvalue weighted by atomic mass is 79.9. The second kappa shape index (κ2) is 5.12. The van der Waals surface area contributed by atoms with Gasteiger partial charge in [-0.05, 0) is 23.8 Å². The molecule has 0 aliphatic carbocycles. The van der Waals surface area contributed by atoms with Crippen molar-refractivity contribution in [3.8, 4) is 0 Å². The van der Waals surface area contributed by atoms with E-state index in [0.717, 1.165) is 12.0 Å². The summed E-state index contributed by atoms with van der Waals surface area (Å²) in [6, 6.07) is 0. The maximum absolute atomic E-state index is 11.7. The molecule has 0 spiro atoms. The van der Waals surface area contributed by atoms with Crippen LogP contribution in [0.3, 0.4) is 0 Å². The molecule has 3 heteroatoms. The zero-order valence-corrected chi connectivity index (χ0v) is 10.8. The third kappa shape index (κ3) is 2.42. The molecule has 1 rings (SSSR count). The Balaban J connectivity index is 3.82. The summed E-state index contributed by atoms with van der Waals surface area (Å²) in [5, 5.41) is 1.11. The Kier molecular flexibility index (Phi) is 4.07. The SMILES string of the molecule is C=Cc1oc(=O)/c(=C/C(=C)Br)c(=C)c1CC. The lowest BCUT2D eigenvalue weighted by molar-refractivity contribution is 0.487. The second-order valence-electron chi connectivity index (χ2n) is 3.27. The molecular formula is C13H13BrO2. The van der Waals surface area contributed by atoms with Crippen molar-refractivity contribution in [2.24, 2.45) is 0 Å². The van der Waals surface area contributed by atoms with Crippen molar-refractivity contribution in [2.45, 2.75) is 13.3 Å². The fourth-order valence-electron chi connectivity index (χ4n) is 1.51. The lowest BCUT2D eigenvalue weighted by atomic mass is 10.1. The summed E-state index contributed by atoms with van der Waals surface area (Å²) in [6.45, 7) is 13.2. The predicted octanol–water partition coefficient (Wildman–Crippen LogP) is 1.94. The highest BCUT2D eigenvalue weighted by Gasteiger charge is 2.05. The molecule has 0 bridgehead atoms. The predicted molar refractivity (Wildman–Crippen MR) is 71.8 cm³/mol. The molecule has 0 amide bonds. The molecule has 1 aromatic rings. The van der Waals surface area contributed by atoms with E-state index in [1.165, 1.54) is 6.08 Å². The molecule has 1 aromatic heterocycles. The summed E-state index contributed by atoms with van der Waals surface area (Å²) >= 11 is 3.18. The van der Waals surface area contributed by atoms with Crippen LogP contribution >= 0.6 is 15.9 Å². The van der Waals surface area contributed by atoms with Crippen LogP contribution in [0.5, 0.6) is 0 Å². The van der Waals surface area contributed by atoms with Gasteiger partial charge in [0.2, 0.25) is 0 Å². The second-order valence-corrected chi connectivity index (χ2v) is 4.29. The molecule has 1 heterocycles. The zero-order chi connectivity index (χ0) is 12.3. The van der Waals surface area contributed by atoms with Gasteiger partial charge in [-0.1, -0.05) is 42.6 Å². The number of rotatable bonds is 3. The van der Waals surface area contributed by atoms with E-state index in [-0.39, 0.29) is 0 Å². The Labute approximate surface area is 102 Å². The monoisotopic (exact) mass is 280 g/mol. The van der Waals surface area contributed by atoms with Crippen molar-refractivity contribution in [3.05, 3.63) is 49.8 Å². The molecule has 16 heavy (non-hydrogen) atoms. The van der Waals surface area contributed by atoms with Gasteiger partial charge in [-0.25, -0.2) is 4.79 Å². The first-order valence-corrected chi connectivity index (χ1v) is 5.64. The van der Waals surface area contributed by atoms with Crippen LogP contribution in [0.2, 0.25) is 0 Å². The van der Waals surface area contributed by atoms with E-state index in [0.29, 0.717) is 20.7 Å². The average Bonchev–Trinajstić information content (AvgIpc) is 2.23. The Morgan fingerprint density at radius 3 is 2.62 bits per heavy atom. The molecule has 0 N–H and O–H groups in total. The van der Waals surface area contributed by atoms with Gasteiger partial charge in [0.05, 0.1) is 5.22 Å². The smallest absolute Gasteiger partial charge is 0.344 e. The molecule has 0 fully saturated rings. The minimum atomic E-state index is -0.419. The average molecular weight is 281 g/mol. The van der Waals surface area contributed by atoms with Crippen LogP contribution in [0.15, 0.2) is 26.9 Å². The van der Waals surface area contributed by atoms with E-state index in [1.54, 1.807) is 6.08 Å². The van der Waals surface area contributed by atoms with E-state index in [4.69, 9.17) is 4.42 Å². The van der Waals surface area contributed by atoms with Gasteiger partial charge in [-0.2, -0.15) is 0 Å². The molecule has 0 aromatic carbocycles. The topological polar surface area (TPSA) is 30.2 Å². The van der Waals surface area contributed by atoms with E-state index in [9.17, 15) is 4.79 Å². The number of hydrogen-bond acceptors (Lipinski definition) is 2. The van der Waals surface area contributed by atoms with Gasteiger partial charge in [0.15, 0.2) is 0 Å². The summed E-state index contributed by atoms with van der Waals surface area (Å²) in [6.07, 6.45) is 3.88. The summed E-state index contributed by atoms with van der Waals surface area (Å²) in [5.74, 6) is 0.495. The first-order chi connectivity index (χ1) is 7.51. The number of halogens is 1.